The van der Waals surface area contributed by atoms with E-state index in [-0.39, 0.29) is 11.9 Å². The van der Waals surface area contributed by atoms with Crippen LogP contribution in [0.1, 0.15) is 17.2 Å². The normalized spacial score (nSPS) is 12.7. The van der Waals surface area contributed by atoms with Gasteiger partial charge >= 0.3 is 0 Å². The van der Waals surface area contributed by atoms with E-state index in [9.17, 15) is 4.39 Å². The first-order valence-corrected chi connectivity index (χ1v) is 7.10. The Balaban J connectivity index is 1.95. The first-order valence-electron chi connectivity index (χ1n) is 6.72. The highest BCUT2D eigenvalue weighted by Gasteiger charge is 2.16. The summed E-state index contributed by atoms with van der Waals surface area (Å²) < 4.78 is 15.0. The van der Waals surface area contributed by atoms with E-state index in [0.29, 0.717) is 11.4 Å². The van der Waals surface area contributed by atoms with E-state index in [0.717, 1.165) is 16.6 Å². The van der Waals surface area contributed by atoms with Gasteiger partial charge in [-0.05, 0) is 43.3 Å². The van der Waals surface area contributed by atoms with Gasteiger partial charge in [-0.3, -0.25) is 0 Å². The minimum Gasteiger partial charge on any atom is -0.313 e. The average molecular weight is 304 g/mol. The molecule has 3 aromatic rings. The molecule has 5 heteroatoms. The first kappa shape index (κ1) is 14.0. The lowest BCUT2D eigenvalue weighted by atomic mass is 10.00. The Hall–Kier alpha value is -1.91. The number of halogens is 2. The molecule has 1 aromatic carbocycles. The Morgan fingerprint density at radius 2 is 2.19 bits per heavy atom. The standard InChI is InChI=1S/C16H15ClFN3/c1-19-15(8-11-5-6-12(18)9-14(11)17)13-10-20-21-7-3-2-4-16(13)21/h2-7,9-10,15,19H,8H2,1H3. The van der Waals surface area contributed by atoms with Gasteiger partial charge in [0.1, 0.15) is 5.82 Å². The molecule has 0 saturated carbocycles. The molecule has 2 heterocycles. The smallest absolute Gasteiger partial charge is 0.124 e. The molecule has 3 rings (SSSR count). The topological polar surface area (TPSA) is 29.3 Å². The molecule has 1 N–H and O–H groups in total. The van der Waals surface area contributed by atoms with Crippen LogP contribution in [0.25, 0.3) is 5.52 Å². The molecule has 1 atom stereocenters. The number of likely N-dealkylation sites (N-methyl/N-ethyl adjacent to an activating group) is 1. The summed E-state index contributed by atoms with van der Waals surface area (Å²) in [7, 11) is 1.90. The second-order valence-electron chi connectivity index (χ2n) is 4.91. The van der Waals surface area contributed by atoms with Gasteiger partial charge in [-0.25, -0.2) is 8.91 Å². The molecule has 0 aliphatic heterocycles. The number of nitrogens with zero attached hydrogens (tertiary/aromatic N) is 2. The van der Waals surface area contributed by atoms with E-state index in [4.69, 9.17) is 11.6 Å². The summed E-state index contributed by atoms with van der Waals surface area (Å²) in [6.07, 6.45) is 4.44. The van der Waals surface area contributed by atoms with Gasteiger partial charge in [0, 0.05) is 22.8 Å². The van der Waals surface area contributed by atoms with E-state index in [1.165, 1.54) is 12.1 Å². The number of aromatic nitrogens is 2. The maximum Gasteiger partial charge on any atom is 0.124 e. The Labute approximate surface area is 127 Å². The molecular formula is C16H15ClFN3. The van der Waals surface area contributed by atoms with Crippen molar-refractivity contribution in [1.82, 2.24) is 14.9 Å². The summed E-state index contributed by atoms with van der Waals surface area (Å²) >= 11 is 6.12. The van der Waals surface area contributed by atoms with Crippen molar-refractivity contribution in [2.45, 2.75) is 12.5 Å². The molecule has 1 unspecified atom stereocenters. The number of benzene rings is 1. The summed E-state index contributed by atoms with van der Waals surface area (Å²) in [4.78, 5) is 0. The van der Waals surface area contributed by atoms with Crippen molar-refractivity contribution in [1.29, 1.82) is 0 Å². The van der Waals surface area contributed by atoms with Crippen molar-refractivity contribution in [3.05, 3.63) is 70.8 Å². The molecule has 0 aliphatic carbocycles. The zero-order valence-electron chi connectivity index (χ0n) is 11.6. The molecule has 0 aliphatic rings. The van der Waals surface area contributed by atoms with Crippen LogP contribution in [0.15, 0.2) is 48.8 Å². The fourth-order valence-corrected chi connectivity index (χ4v) is 2.74. The second-order valence-corrected chi connectivity index (χ2v) is 5.32. The van der Waals surface area contributed by atoms with Crippen molar-refractivity contribution in [3.8, 4) is 0 Å². The zero-order valence-corrected chi connectivity index (χ0v) is 12.3. The quantitative estimate of drug-likeness (QED) is 0.797. The highest BCUT2D eigenvalue weighted by molar-refractivity contribution is 6.31. The molecule has 0 bridgehead atoms. The Morgan fingerprint density at radius 3 is 2.95 bits per heavy atom. The van der Waals surface area contributed by atoms with Gasteiger partial charge in [0.2, 0.25) is 0 Å². The van der Waals surface area contributed by atoms with E-state index >= 15 is 0 Å². The SMILES string of the molecule is CNC(Cc1ccc(F)cc1Cl)c1cnn2ccccc12. The maximum atomic E-state index is 13.1. The monoisotopic (exact) mass is 303 g/mol. The van der Waals surface area contributed by atoms with E-state index in [2.05, 4.69) is 10.4 Å². The lowest BCUT2D eigenvalue weighted by molar-refractivity contribution is 0.592. The third-order valence-electron chi connectivity index (χ3n) is 3.62. The number of rotatable bonds is 4. The van der Waals surface area contributed by atoms with Gasteiger partial charge < -0.3 is 5.32 Å². The third kappa shape index (κ3) is 2.77. The summed E-state index contributed by atoms with van der Waals surface area (Å²) in [5.74, 6) is -0.319. The van der Waals surface area contributed by atoms with Gasteiger partial charge in [-0.15, -0.1) is 0 Å². The number of hydrogen-bond donors (Lipinski definition) is 1. The van der Waals surface area contributed by atoms with Gasteiger partial charge in [0.25, 0.3) is 0 Å². The Kier molecular flexibility index (Phi) is 3.90. The minimum absolute atomic E-state index is 0.0628. The van der Waals surface area contributed by atoms with Crippen molar-refractivity contribution in [2.75, 3.05) is 7.05 Å². The third-order valence-corrected chi connectivity index (χ3v) is 3.97. The molecule has 0 radical (unpaired) electrons. The first-order chi connectivity index (χ1) is 10.2. The fraction of sp³-hybridized carbons (Fsp3) is 0.188. The molecule has 3 nitrogen and oxygen atoms in total. The van der Waals surface area contributed by atoms with Crippen LogP contribution in [0, 0.1) is 5.82 Å². The largest absolute Gasteiger partial charge is 0.313 e. The molecule has 0 fully saturated rings. The lowest BCUT2D eigenvalue weighted by Crippen LogP contribution is -2.18. The van der Waals surface area contributed by atoms with E-state index in [1.54, 1.807) is 6.07 Å². The Bertz CT molecular complexity index is 769. The molecule has 21 heavy (non-hydrogen) atoms. The second kappa shape index (κ2) is 5.84. The van der Waals surface area contributed by atoms with Crippen molar-refractivity contribution in [3.63, 3.8) is 0 Å². The molecular weight excluding hydrogens is 289 g/mol. The van der Waals surface area contributed by atoms with Gasteiger partial charge in [0.05, 0.1) is 11.7 Å². The average Bonchev–Trinajstić information content (AvgIpc) is 2.91. The molecule has 0 amide bonds. The van der Waals surface area contributed by atoms with Crippen LogP contribution < -0.4 is 5.32 Å². The van der Waals surface area contributed by atoms with Crippen LogP contribution in [0.5, 0.6) is 0 Å². The van der Waals surface area contributed by atoms with Crippen LogP contribution in [-0.4, -0.2) is 16.7 Å². The molecule has 0 saturated heterocycles. The van der Waals surface area contributed by atoms with E-state index < -0.39 is 0 Å². The van der Waals surface area contributed by atoms with Gasteiger partial charge in [0.15, 0.2) is 0 Å². The van der Waals surface area contributed by atoms with Crippen LogP contribution in [0.2, 0.25) is 5.02 Å². The van der Waals surface area contributed by atoms with E-state index in [1.807, 2.05) is 42.2 Å². The highest BCUT2D eigenvalue weighted by Crippen LogP contribution is 2.26. The molecule has 108 valence electrons. The molecule has 0 spiro atoms. The van der Waals surface area contributed by atoms with Crippen LogP contribution in [0.3, 0.4) is 0 Å². The van der Waals surface area contributed by atoms with Crippen LogP contribution in [0.4, 0.5) is 4.39 Å². The number of hydrogen-bond acceptors (Lipinski definition) is 2. The van der Waals surface area contributed by atoms with Crippen LogP contribution in [-0.2, 0) is 6.42 Å². The van der Waals surface area contributed by atoms with Gasteiger partial charge in [-0.2, -0.15) is 5.10 Å². The number of nitrogens with one attached hydrogen (secondary N) is 1. The van der Waals surface area contributed by atoms with Crippen LogP contribution >= 0.6 is 11.6 Å². The predicted molar refractivity (Wildman–Crippen MR) is 82.1 cm³/mol. The highest BCUT2D eigenvalue weighted by atomic mass is 35.5. The number of fused-ring (bicyclic) bond motifs is 1. The minimum atomic E-state index is -0.319. The lowest BCUT2D eigenvalue weighted by Gasteiger charge is -2.16. The zero-order chi connectivity index (χ0) is 14.8. The summed E-state index contributed by atoms with van der Waals surface area (Å²) in [6.45, 7) is 0. The van der Waals surface area contributed by atoms with Crippen molar-refractivity contribution in [2.24, 2.45) is 0 Å². The predicted octanol–water partition coefficient (Wildman–Crippen LogP) is 3.63. The Morgan fingerprint density at radius 1 is 1.33 bits per heavy atom. The fourth-order valence-electron chi connectivity index (χ4n) is 2.50. The van der Waals surface area contributed by atoms with Crippen molar-refractivity contribution < 1.29 is 4.39 Å². The molecule has 2 aromatic heterocycles. The van der Waals surface area contributed by atoms with Crippen molar-refractivity contribution >= 4 is 17.1 Å². The number of pyridine rings is 1. The maximum absolute atomic E-state index is 13.1. The van der Waals surface area contributed by atoms with Gasteiger partial charge in [-0.1, -0.05) is 23.7 Å². The summed E-state index contributed by atoms with van der Waals surface area (Å²) in [5.41, 5.74) is 3.06. The summed E-state index contributed by atoms with van der Waals surface area (Å²) in [6, 6.07) is 10.5. The summed E-state index contributed by atoms with van der Waals surface area (Å²) in [5, 5.41) is 8.08.